The zero-order valence-electron chi connectivity index (χ0n) is 14.6. The number of nitrogens with one attached hydrogen (secondary N) is 1. The number of hydrogen-bond donors (Lipinski definition) is 1. The van der Waals surface area contributed by atoms with Gasteiger partial charge in [0.25, 0.3) is 0 Å². The van der Waals surface area contributed by atoms with Gasteiger partial charge in [0.2, 0.25) is 10.0 Å². The van der Waals surface area contributed by atoms with Crippen LogP contribution < -0.4 is 5.32 Å². The monoisotopic (exact) mass is 352 g/mol. The maximum atomic E-state index is 13.1. The minimum absolute atomic E-state index is 0.0533. The number of rotatable bonds is 5. The molecule has 1 unspecified atom stereocenters. The van der Waals surface area contributed by atoms with Crippen molar-refractivity contribution < 1.29 is 13.2 Å². The van der Waals surface area contributed by atoms with Gasteiger partial charge in [-0.05, 0) is 55.5 Å². The molecule has 1 atom stereocenters. The van der Waals surface area contributed by atoms with Crippen LogP contribution in [0.2, 0.25) is 0 Å². The van der Waals surface area contributed by atoms with E-state index in [1.807, 2.05) is 12.1 Å². The quantitative estimate of drug-likeness (QED) is 0.879. The van der Waals surface area contributed by atoms with Crippen molar-refractivity contribution >= 4 is 10.0 Å². The Bertz CT molecular complexity index is 651. The van der Waals surface area contributed by atoms with E-state index in [1.165, 1.54) is 0 Å². The molecule has 0 saturated carbocycles. The van der Waals surface area contributed by atoms with Gasteiger partial charge in [0.1, 0.15) is 0 Å². The van der Waals surface area contributed by atoms with Crippen LogP contribution in [0.4, 0.5) is 0 Å². The van der Waals surface area contributed by atoms with E-state index in [0.29, 0.717) is 24.6 Å². The van der Waals surface area contributed by atoms with Crippen LogP contribution in [0.15, 0.2) is 29.2 Å². The van der Waals surface area contributed by atoms with Gasteiger partial charge in [-0.2, -0.15) is 4.31 Å². The molecule has 0 aliphatic carbocycles. The van der Waals surface area contributed by atoms with Crippen molar-refractivity contribution in [3.05, 3.63) is 29.8 Å². The van der Waals surface area contributed by atoms with Crippen molar-refractivity contribution in [2.24, 2.45) is 11.3 Å². The number of hydrogen-bond acceptors (Lipinski definition) is 4. The molecular weight excluding hydrogens is 324 g/mol. The van der Waals surface area contributed by atoms with E-state index in [9.17, 15) is 8.42 Å². The third-order valence-electron chi connectivity index (χ3n) is 5.72. The molecule has 2 aliphatic rings. The third kappa shape index (κ3) is 3.25. The smallest absolute Gasteiger partial charge is 0.243 e. The van der Waals surface area contributed by atoms with Gasteiger partial charge in [0.05, 0.1) is 11.5 Å². The molecule has 24 heavy (non-hydrogen) atoms. The lowest BCUT2D eigenvalue weighted by atomic mass is 9.71. The lowest BCUT2D eigenvalue weighted by Gasteiger charge is -2.38. The molecule has 3 rings (SSSR count). The summed E-state index contributed by atoms with van der Waals surface area (Å²) in [4.78, 5) is 0.404. The molecule has 0 bridgehead atoms. The van der Waals surface area contributed by atoms with Crippen LogP contribution in [0.3, 0.4) is 0 Å². The van der Waals surface area contributed by atoms with E-state index in [1.54, 1.807) is 23.5 Å². The molecule has 1 N–H and O–H groups in total. The molecule has 1 aromatic carbocycles. The highest BCUT2D eigenvalue weighted by Crippen LogP contribution is 2.45. The van der Waals surface area contributed by atoms with Crippen molar-refractivity contribution in [3.63, 3.8) is 0 Å². The van der Waals surface area contributed by atoms with Gasteiger partial charge >= 0.3 is 0 Å². The summed E-state index contributed by atoms with van der Waals surface area (Å²) in [5.41, 5.74) is 1.21. The maximum absolute atomic E-state index is 13.1. The van der Waals surface area contributed by atoms with E-state index >= 15 is 0 Å². The summed E-state index contributed by atoms with van der Waals surface area (Å²) in [6.07, 6.45) is 2.94. The average Bonchev–Trinajstić information content (AvgIpc) is 2.95. The van der Waals surface area contributed by atoms with Crippen LogP contribution in [-0.4, -0.2) is 52.6 Å². The van der Waals surface area contributed by atoms with Crippen molar-refractivity contribution in [1.29, 1.82) is 0 Å². The molecule has 5 nitrogen and oxygen atoms in total. The Morgan fingerprint density at radius 1 is 1.25 bits per heavy atom. The van der Waals surface area contributed by atoms with Gasteiger partial charge in [0, 0.05) is 26.1 Å². The molecule has 2 heterocycles. The molecule has 2 fully saturated rings. The van der Waals surface area contributed by atoms with Gasteiger partial charge < -0.3 is 10.1 Å². The first kappa shape index (κ1) is 17.9. The predicted octanol–water partition coefficient (Wildman–Crippen LogP) is 1.89. The largest absolute Gasteiger partial charge is 0.384 e. The predicted molar refractivity (Wildman–Crippen MR) is 94.5 cm³/mol. The highest BCUT2D eigenvalue weighted by Gasteiger charge is 2.50. The lowest BCUT2D eigenvalue weighted by molar-refractivity contribution is 0.0718. The van der Waals surface area contributed by atoms with Gasteiger partial charge in [-0.3, -0.25) is 0 Å². The summed E-state index contributed by atoms with van der Waals surface area (Å²) in [6, 6.07) is 7.31. The second kappa shape index (κ2) is 7.12. The van der Waals surface area contributed by atoms with Crippen molar-refractivity contribution in [2.75, 3.05) is 39.9 Å². The zero-order valence-corrected chi connectivity index (χ0v) is 15.4. The van der Waals surface area contributed by atoms with E-state index in [4.69, 9.17) is 4.74 Å². The number of aryl methyl sites for hydroxylation is 1. The summed E-state index contributed by atoms with van der Waals surface area (Å²) in [5.74, 6) is 0.272. The number of piperidine rings is 1. The minimum Gasteiger partial charge on any atom is -0.384 e. The molecule has 0 radical (unpaired) electrons. The molecule has 2 saturated heterocycles. The van der Waals surface area contributed by atoms with E-state index in [-0.39, 0.29) is 11.3 Å². The minimum atomic E-state index is -3.43. The second-order valence-corrected chi connectivity index (χ2v) is 9.00. The van der Waals surface area contributed by atoms with Crippen LogP contribution in [0.25, 0.3) is 0 Å². The third-order valence-corrected chi connectivity index (χ3v) is 7.54. The molecule has 0 amide bonds. The number of sulfonamides is 1. The Morgan fingerprint density at radius 2 is 1.92 bits per heavy atom. The first-order valence-corrected chi connectivity index (χ1v) is 10.2. The summed E-state index contributed by atoms with van der Waals surface area (Å²) in [5, 5.41) is 3.39. The van der Waals surface area contributed by atoms with Crippen LogP contribution >= 0.6 is 0 Å². The fourth-order valence-electron chi connectivity index (χ4n) is 4.14. The van der Waals surface area contributed by atoms with E-state index < -0.39 is 10.0 Å². The number of ether oxygens (including phenoxy) is 1. The van der Waals surface area contributed by atoms with Gasteiger partial charge in [-0.25, -0.2) is 8.42 Å². The molecule has 2 aliphatic heterocycles. The first-order chi connectivity index (χ1) is 11.5. The fraction of sp³-hybridized carbons (Fsp3) is 0.667. The van der Waals surface area contributed by atoms with Crippen LogP contribution in [0, 0.1) is 11.3 Å². The summed E-state index contributed by atoms with van der Waals surface area (Å²) in [7, 11) is -1.73. The Morgan fingerprint density at radius 3 is 2.50 bits per heavy atom. The van der Waals surface area contributed by atoms with Crippen LogP contribution in [0.5, 0.6) is 0 Å². The Balaban J connectivity index is 1.85. The van der Waals surface area contributed by atoms with Crippen molar-refractivity contribution in [1.82, 2.24) is 9.62 Å². The van der Waals surface area contributed by atoms with E-state index in [2.05, 4.69) is 12.2 Å². The summed E-state index contributed by atoms with van der Waals surface area (Å²) in [6.45, 7) is 5.78. The standard InChI is InChI=1S/C18H28N2O3S/c1-3-15-4-6-17(7-5-15)24(21,22)20-12-16(13-23-2)18(14-20)8-10-19-11-9-18/h4-7,16,19H,3,8-14H2,1-2H3. The maximum Gasteiger partial charge on any atom is 0.243 e. The lowest BCUT2D eigenvalue weighted by Crippen LogP contribution is -2.43. The number of nitrogens with zero attached hydrogens (tertiary/aromatic N) is 1. The topological polar surface area (TPSA) is 58.6 Å². The highest BCUT2D eigenvalue weighted by atomic mass is 32.2. The Hall–Kier alpha value is -0.950. The Labute approximate surface area is 145 Å². The van der Waals surface area contributed by atoms with E-state index in [0.717, 1.165) is 37.9 Å². The van der Waals surface area contributed by atoms with Gasteiger partial charge in [-0.15, -0.1) is 0 Å². The van der Waals surface area contributed by atoms with Gasteiger partial charge in [-0.1, -0.05) is 19.1 Å². The number of benzene rings is 1. The first-order valence-electron chi connectivity index (χ1n) is 8.80. The molecular formula is C18H28N2O3S. The molecule has 1 aromatic rings. The molecule has 134 valence electrons. The normalized spacial score (nSPS) is 24.5. The average molecular weight is 353 g/mol. The summed E-state index contributed by atoms with van der Waals surface area (Å²) >= 11 is 0. The zero-order chi connectivity index (χ0) is 17.2. The second-order valence-electron chi connectivity index (χ2n) is 7.06. The molecule has 6 heteroatoms. The van der Waals surface area contributed by atoms with Crippen molar-refractivity contribution in [2.45, 2.75) is 31.1 Å². The fourth-order valence-corrected chi connectivity index (χ4v) is 5.72. The van der Waals surface area contributed by atoms with Crippen molar-refractivity contribution in [3.8, 4) is 0 Å². The summed E-state index contributed by atoms with van der Waals surface area (Å²) < 4.78 is 33.3. The highest BCUT2D eigenvalue weighted by molar-refractivity contribution is 7.89. The van der Waals surface area contributed by atoms with Crippen LogP contribution in [-0.2, 0) is 21.2 Å². The SMILES string of the molecule is CCc1ccc(S(=O)(=O)N2CC(COC)C3(CCNCC3)C2)cc1. The van der Waals surface area contributed by atoms with Gasteiger partial charge in [0.15, 0.2) is 0 Å². The number of methoxy groups -OCH3 is 1. The molecule has 0 aromatic heterocycles. The molecule has 1 spiro atoms. The Kier molecular flexibility index (Phi) is 5.30. The van der Waals surface area contributed by atoms with Crippen LogP contribution in [0.1, 0.15) is 25.3 Å².